The number of unbranched alkanes of at least 4 members (excludes halogenated alkanes) is 1. The molecular weight excluding hydrogens is 334 g/mol. The molecule has 1 aromatic carbocycles. The number of rotatable bonds is 7. The monoisotopic (exact) mass is 369 g/mol. The number of nitrogens with zero attached hydrogens (tertiary/aromatic N) is 1. The highest BCUT2D eigenvalue weighted by molar-refractivity contribution is 6.04. The fraction of sp³-hybridized carbons (Fsp3) is 0.708. The smallest absolute Gasteiger partial charge is 0.180 e. The molecule has 2 aliphatic carbocycles. The van der Waals surface area contributed by atoms with Crippen molar-refractivity contribution < 1.29 is 9.53 Å². The predicted molar refractivity (Wildman–Crippen MR) is 110 cm³/mol. The molecule has 4 rings (SSSR count). The number of ether oxygens (including phenoxy) is 1. The van der Waals surface area contributed by atoms with E-state index in [1.165, 1.54) is 36.0 Å². The van der Waals surface area contributed by atoms with Gasteiger partial charge in [-0.15, -0.1) is 0 Å². The Kier molecular flexibility index (Phi) is 5.20. The number of piperidine rings is 1. The molecule has 0 amide bonds. The van der Waals surface area contributed by atoms with E-state index in [1.807, 2.05) is 0 Å². The van der Waals surface area contributed by atoms with Crippen LogP contribution >= 0.6 is 0 Å². The number of fused-ring (bicyclic) bond motifs is 4. The lowest BCUT2D eigenvalue weighted by atomic mass is 9.58. The van der Waals surface area contributed by atoms with Crippen molar-refractivity contribution in [1.82, 2.24) is 4.90 Å². The average Bonchev–Trinajstić information content (AvgIpc) is 3.45. The Balaban J connectivity index is 1.65. The maximum absolute atomic E-state index is 13.6. The molecule has 3 nitrogen and oxygen atoms in total. The minimum absolute atomic E-state index is 0.0842. The lowest BCUT2D eigenvalue weighted by molar-refractivity contribution is 0.0266. The van der Waals surface area contributed by atoms with Crippen molar-refractivity contribution in [3.05, 3.63) is 34.4 Å². The number of aryl methyl sites for hydroxylation is 2. The Bertz CT molecular complexity index is 723. The summed E-state index contributed by atoms with van der Waals surface area (Å²) in [5.74, 6) is 1.62. The quantitative estimate of drug-likeness (QED) is 0.661. The maximum Gasteiger partial charge on any atom is 0.180 e. The van der Waals surface area contributed by atoms with Crippen molar-refractivity contribution >= 4 is 5.78 Å². The fourth-order valence-corrected chi connectivity index (χ4v) is 5.44. The zero-order valence-corrected chi connectivity index (χ0v) is 17.5. The SMILES string of the molecule is COCCCCc1cc2c(cc1C)[C@@]1(C)CCN(CC3CC3)[C@H](C2=O)[C@@H]1C. The van der Waals surface area contributed by atoms with Crippen LogP contribution < -0.4 is 0 Å². The van der Waals surface area contributed by atoms with Crippen molar-refractivity contribution in [2.24, 2.45) is 11.8 Å². The first-order valence-corrected chi connectivity index (χ1v) is 10.9. The Morgan fingerprint density at radius 2 is 2.04 bits per heavy atom. The summed E-state index contributed by atoms with van der Waals surface area (Å²) < 4.78 is 5.18. The van der Waals surface area contributed by atoms with Crippen molar-refractivity contribution in [1.29, 1.82) is 0 Å². The molecule has 0 radical (unpaired) electrons. The van der Waals surface area contributed by atoms with Crippen molar-refractivity contribution in [2.75, 3.05) is 26.8 Å². The van der Waals surface area contributed by atoms with Gasteiger partial charge in [0.1, 0.15) is 0 Å². The molecule has 1 aliphatic heterocycles. The number of hydrogen-bond donors (Lipinski definition) is 0. The minimum atomic E-state index is 0.0842. The summed E-state index contributed by atoms with van der Waals surface area (Å²) in [5, 5.41) is 0. The van der Waals surface area contributed by atoms with Gasteiger partial charge < -0.3 is 4.74 Å². The summed E-state index contributed by atoms with van der Waals surface area (Å²) >= 11 is 0. The number of hydrogen-bond acceptors (Lipinski definition) is 3. The third-order valence-electron chi connectivity index (χ3n) is 7.65. The van der Waals surface area contributed by atoms with Crippen molar-refractivity contribution in [3.63, 3.8) is 0 Å². The van der Waals surface area contributed by atoms with Crippen LogP contribution in [-0.2, 0) is 16.6 Å². The molecule has 1 saturated carbocycles. The Morgan fingerprint density at radius 3 is 2.74 bits per heavy atom. The summed E-state index contributed by atoms with van der Waals surface area (Å²) in [6, 6.07) is 4.68. The lowest BCUT2D eigenvalue weighted by Crippen LogP contribution is -2.61. The second kappa shape index (κ2) is 7.33. The Hall–Kier alpha value is -1.19. The standard InChI is InChI=1S/C24H35NO2/c1-16-13-21-20(14-19(16)7-5-6-12-27-4)23(26)22-17(2)24(21,3)10-11-25(22)15-18-8-9-18/h13-14,17-18,22H,5-12,15H2,1-4H3/t17-,22-,24-/m0/s1. The second-order valence-corrected chi connectivity index (χ2v) is 9.48. The third kappa shape index (κ3) is 3.38. The molecule has 1 saturated heterocycles. The largest absolute Gasteiger partial charge is 0.385 e. The summed E-state index contributed by atoms with van der Waals surface area (Å²) in [6.07, 6.45) is 7.11. The summed E-state index contributed by atoms with van der Waals surface area (Å²) in [6.45, 7) is 9.96. The molecule has 27 heavy (non-hydrogen) atoms. The summed E-state index contributed by atoms with van der Waals surface area (Å²) in [5.41, 5.74) is 5.18. The number of likely N-dealkylation sites (tertiary alicyclic amines) is 1. The van der Waals surface area contributed by atoms with Gasteiger partial charge in [0.05, 0.1) is 6.04 Å². The normalized spacial score (nSPS) is 30.4. The molecule has 3 heteroatoms. The van der Waals surface area contributed by atoms with Gasteiger partial charge in [0.15, 0.2) is 5.78 Å². The average molecular weight is 370 g/mol. The second-order valence-electron chi connectivity index (χ2n) is 9.48. The molecule has 1 aromatic rings. The van der Waals surface area contributed by atoms with E-state index in [4.69, 9.17) is 4.74 Å². The molecule has 2 fully saturated rings. The van der Waals surface area contributed by atoms with Crippen LogP contribution in [0.4, 0.5) is 0 Å². The van der Waals surface area contributed by atoms with Crippen LogP contribution in [0.25, 0.3) is 0 Å². The number of Topliss-reactive ketones (excluding diaryl/α,β-unsaturated/α-hetero) is 1. The predicted octanol–water partition coefficient (Wildman–Crippen LogP) is 4.54. The van der Waals surface area contributed by atoms with Gasteiger partial charge in [-0.1, -0.05) is 19.9 Å². The zero-order valence-electron chi connectivity index (χ0n) is 17.5. The van der Waals surface area contributed by atoms with Crippen LogP contribution in [0.2, 0.25) is 0 Å². The molecule has 0 spiro atoms. The van der Waals surface area contributed by atoms with Gasteiger partial charge in [-0.25, -0.2) is 0 Å². The van der Waals surface area contributed by atoms with Crippen LogP contribution in [0.3, 0.4) is 0 Å². The van der Waals surface area contributed by atoms with E-state index in [2.05, 4.69) is 37.8 Å². The summed E-state index contributed by atoms with van der Waals surface area (Å²) in [4.78, 5) is 16.1. The number of carbonyl (C=O) groups excluding carboxylic acids is 1. The van der Waals surface area contributed by atoms with Gasteiger partial charge in [0.2, 0.25) is 0 Å². The molecule has 148 valence electrons. The van der Waals surface area contributed by atoms with Gasteiger partial charge in [-0.05, 0) is 92.0 Å². The van der Waals surface area contributed by atoms with E-state index in [1.54, 1.807) is 7.11 Å². The molecule has 1 heterocycles. The van der Waals surface area contributed by atoms with Crippen LogP contribution in [0, 0.1) is 18.8 Å². The van der Waals surface area contributed by atoms with Crippen LogP contribution in [0.15, 0.2) is 12.1 Å². The highest BCUT2D eigenvalue weighted by Gasteiger charge is 2.52. The van der Waals surface area contributed by atoms with Crippen LogP contribution in [0.1, 0.15) is 73.0 Å². The highest BCUT2D eigenvalue weighted by Crippen LogP contribution is 2.49. The first-order valence-electron chi connectivity index (χ1n) is 10.9. The van der Waals surface area contributed by atoms with Crippen molar-refractivity contribution in [3.8, 4) is 0 Å². The summed E-state index contributed by atoms with van der Waals surface area (Å²) in [7, 11) is 1.76. The molecule has 2 bridgehead atoms. The molecular formula is C24H35NO2. The zero-order chi connectivity index (χ0) is 19.2. The lowest BCUT2D eigenvalue weighted by Gasteiger charge is -2.53. The fourth-order valence-electron chi connectivity index (χ4n) is 5.44. The Morgan fingerprint density at radius 1 is 1.26 bits per heavy atom. The molecule has 0 unspecified atom stereocenters. The topological polar surface area (TPSA) is 29.5 Å². The number of carbonyl (C=O) groups is 1. The Labute approximate surface area is 164 Å². The van der Waals surface area contributed by atoms with Gasteiger partial charge in [-0.2, -0.15) is 0 Å². The van der Waals surface area contributed by atoms with Gasteiger partial charge in [0.25, 0.3) is 0 Å². The highest BCUT2D eigenvalue weighted by atomic mass is 16.5. The van der Waals surface area contributed by atoms with Crippen LogP contribution in [0.5, 0.6) is 0 Å². The van der Waals surface area contributed by atoms with Gasteiger partial charge >= 0.3 is 0 Å². The van der Waals surface area contributed by atoms with Crippen molar-refractivity contribution in [2.45, 2.75) is 70.8 Å². The van der Waals surface area contributed by atoms with E-state index in [0.29, 0.717) is 11.7 Å². The molecule has 3 atom stereocenters. The van der Waals surface area contributed by atoms with E-state index in [-0.39, 0.29) is 11.5 Å². The third-order valence-corrected chi connectivity index (χ3v) is 7.65. The van der Waals surface area contributed by atoms with E-state index in [0.717, 1.165) is 50.4 Å². The molecule has 0 aromatic heterocycles. The van der Waals surface area contributed by atoms with E-state index >= 15 is 0 Å². The van der Waals surface area contributed by atoms with E-state index in [9.17, 15) is 4.79 Å². The molecule has 3 aliphatic rings. The number of benzene rings is 1. The molecule has 0 N–H and O–H groups in total. The number of methoxy groups -OCH3 is 1. The number of ketones is 1. The van der Waals surface area contributed by atoms with Gasteiger partial charge in [-0.3, -0.25) is 9.69 Å². The first kappa shape index (κ1) is 19.1. The van der Waals surface area contributed by atoms with Gasteiger partial charge in [0, 0.05) is 25.8 Å². The first-order chi connectivity index (χ1) is 13.0. The minimum Gasteiger partial charge on any atom is -0.385 e. The van der Waals surface area contributed by atoms with E-state index < -0.39 is 0 Å². The van der Waals surface area contributed by atoms with Crippen LogP contribution in [-0.4, -0.2) is 43.5 Å². The maximum atomic E-state index is 13.6.